The maximum atomic E-state index is 12.3. The number of hydrogen-bond acceptors (Lipinski definition) is 4. The van der Waals surface area contributed by atoms with Crippen LogP contribution in [0.1, 0.15) is 6.92 Å². The molecule has 0 spiro atoms. The standard InChI is InChI=1S/C12H18N2O3S.ClH/c1-3-17-11-4-6-12(7-5-11)18(15,16)14(2)10-8-13-9-10;/h4-7,10,13H,3,8-9H2,1-2H3;1H. The van der Waals surface area contributed by atoms with Crippen LogP contribution in [0.4, 0.5) is 0 Å². The van der Waals surface area contributed by atoms with Crippen molar-refractivity contribution < 1.29 is 13.2 Å². The summed E-state index contributed by atoms with van der Waals surface area (Å²) in [7, 11) is -1.77. The van der Waals surface area contributed by atoms with E-state index in [1.165, 1.54) is 4.31 Å². The Morgan fingerprint density at radius 3 is 2.32 bits per heavy atom. The lowest BCUT2D eigenvalue weighted by Crippen LogP contribution is -2.57. The highest BCUT2D eigenvalue weighted by molar-refractivity contribution is 7.89. The van der Waals surface area contributed by atoms with Crippen molar-refractivity contribution in [1.82, 2.24) is 9.62 Å². The van der Waals surface area contributed by atoms with Crippen molar-refractivity contribution in [2.75, 3.05) is 26.7 Å². The van der Waals surface area contributed by atoms with Crippen LogP contribution in [0.15, 0.2) is 29.2 Å². The van der Waals surface area contributed by atoms with Gasteiger partial charge in [-0.1, -0.05) is 0 Å². The molecule has 0 atom stereocenters. The average Bonchev–Trinajstić information content (AvgIpc) is 2.28. The normalized spacial score (nSPS) is 15.7. The van der Waals surface area contributed by atoms with Crippen molar-refractivity contribution >= 4 is 22.4 Å². The summed E-state index contributed by atoms with van der Waals surface area (Å²) in [5.74, 6) is 0.685. The van der Waals surface area contributed by atoms with Crippen molar-refractivity contribution in [3.63, 3.8) is 0 Å². The third kappa shape index (κ3) is 3.39. The zero-order valence-corrected chi connectivity index (χ0v) is 12.6. The van der Waals surface area contributed by atoms with E-state index in [2.05, 4.69) is 5.32 Å². The molecule has 0 aromatic heterocycles. The number of nitrogens with one attached hydrogen (secondary N) is 1. The lowest BCUT2D eigenvalue weighted by Gasteiger charge is -2.34. The molecule has 1 aromatic carbocycles. The Morgan fingerprint density at radius 1 is 1.32 bits per heavy atom. The van der Waals surface area contributed by atoms with Gasteiger partial charge in [0.25, 0.3) is 0 Å². The average molecular weight is 307 g/mol. The number of rotatable bonds is 5. The fourth-order valence-electron chi connectivity index (χ4n) is 1.77. The van der Waals surface area contributed by atoms with E-state index in [1.807, 2.05) is 6.92 Å². The van der Waals surface area contributed by atoms with Gasteiger partial charge in [-0.15, -0.1) is 12.4 Å². The summed E-state index contributed by atoms with van der Waals surface area (Å²) in [6.45, 7) is 3.89. The molecule has 0 radical (unpaired) electrons. The van der Waals surface area contributed by atoms with Crippen LogP contribution in [0, 0.1) is 0 Å². The number of nitrogens with zero attached hydrogens (tertiary/aromatic N) is 1. The minimum absolute atomic E-state index is 0. The molecule has 2 rings (SSSR count). The van der Waals surface area contributed by atoms with Crippen LogP contribution in [0.3, 0.4) is 0 Å². The molecule has 108 valence electrons. The quantitative estimate of drug-likeness (QED) is 0.885. The first-order valence-corrected chi connectivity index (χ1v) is 7.41. The third-order valence-corrected chi connectivity index (χ3v) is 5.01. The summed E-state index contributed by atoms with van der Waals surface area (Å²) >= 11 is 0. The summed E-state index contributed by atoms with van der Waals surface area (Å²) < 4.78 is 31.3. The van der Waals surface area contributed by atoms with Crippen LogP contribution < -0.4 is 10.1 Å². The molecule has 1 aliphatic rings. The van der Waals surface area contributed by atoms with Crippen LogP contribution in [-0.4, -0.2) is 45.5 Å². The van der Waals surface area contributed by atoms with Gasteiger partial charge >= 0.3 is 0 Å². The van der Waals surface area contributed by atoms with Gasteiger partial charge in [-0.25, -0.2) is 8.42 Å². The Balaban J connectivity index is 0.00000180. The van der Waals surface area contributed by atoms with E-state index >= 15 is 0 Å². The maximum Gasteiger partial charge on any atom is 0.243 e. The SMILES string of the molecule is CCOc1ccc(S(=O)(=O)N(C)C2CNC2)cc1.Cl. The number of sulfonamides is 1. The van der Waals surface area contributed by atoms with Crippen molar-refractivity contribution in [2.45, 2.75) is 17.9 Å². The van der Waals surface area contributed by atoms with E-state index in [-0.39, 0.29) is 18.4 Å². The number of likely N-dealkylation sites (N-methyl/N-ethyl adjacent to an activating group) is 1. The zero-order valence-electron chi connectivity index (χ0n) is 11.0. The highest BCUT2D eigenvalue weighted by atomic mass is 35.5. The van der Waals surface area contributed by atoms with Crippen LogP contribution in [0.5, 0.6) is 5.75 Å². The second-order valence-electron chi connectivity index (χ2n) is 4.24. The van der Waals surface area contributed by atoms with Crippen LogP contribution in [-0.2, 0) is 10.0 Å². The molecule has 1 N–H and O–H groups in total. The van der Waals surface area contributed by atoms with Crippen LogP contribution in [0.2, 0.25) is 0 Å². The smallest absolute Gasteiger partial charge is 0.243 e. The molecule has 0 amide bonds. The van der Waals surface area contributed by atoms with E-state index < -0.39 is 10.0 Å². The number of ether oxygens (including phenoxy) is 1. The molecular weight excluding hydrogens is 288 g/mol. The monoisotopic (exact) mass is 306 g/mol. The summed E-state index contributed by atoms with van der Waals surface area (Å²) in [5, 5.41) is 3.07. The summed E-state index contributed by atoms with van der Waals surface area (Å²) in [4.78, 5) is 0.306. The zero-order chi connectivity index (χ0) is 13.2. The fourth-order valence-corrected chi connectivity index (χ4v) is 3.12. The van der Waals surface area contributed by atoms with E-state index in [1.54, 1.807) is 31.3 Å². The molecule has 0 unspecified atom stereocenters. The van der Waals surface area contributed by atoms with E-state index in [0.717, 1.165) is 0 Å². The highest BCUT2D eigenvalue weighted by Gasteiger charge is 2.31. The first kappa shape index (κ1) is 16.2. The Labute approximate surface area is 120 Å². The molecule has 7 heteroatoms. The summed E-state index contributed by atoms with van der Waals surface area (Å²) in [5.41, 5.74) is 0. The van der Waals surface area contributed by atoms with Crippen molar-refractivity contribution in [2.24, 2.45) is 0 Å². The molecule has 0 aliphatic carbocycles. The molecule has 1 aliphatic heterocycles. The molecular formula is C12H19ClN2O3S. The van der Waals surface area contributed by atoms with Gasteiger partial charge in [-0.05, 0) is 31.2 Å². The molecule has 0 bridgehead atoms. The third-order valence-electron chi connectivity index (χ3n) is 3.09. The fraction of sp³-hybridized carbons (Fsp3) is 0.500. The van der Waals surface area contributed by atoms with Gasteiger partial charge in [-0.3, -0.25) is 0 Å². The Kier molecular flexibility index (Phi) is 5.61. The molecule has 5 nitrogen and oxygen atoms in total. The van der Waals surface area contributed by atoms with Crippen LogP contribution >= 0.6 is 12.4 Å². The van der Waals surface area contributed by atoms with E-state index in [0.29, 0.717) is 30.3 Å². The molecule has 0 saturated carbocycles. The molecule has 1 saturated heterocycles. The Bertz CT molecular complexity index is 500. The highest BCUT2D eigenvalue weighted by Crippen LogP contribution is 2.21. The van der Waals surface area contributed by atoms with Gasteiger partial charge in [0.15, 0.2) is 0 Å². The van der Waals surface area contributed by atoms with Crippen molar-refractivity contribution in [3.8, 4) is 5.75 Å². The van der Waals surface area contributed by atoms with Crippen molar-refractivity contribution in [3.05, 3.63) is 24.3 Å². The van der Waals surface area contributed by atoms with Gasteiger partial charge in [0.1, 0.15) is 5.75 Å². The predicted molar refractivity (Wildman–Crippen MR) is 76.5 cm³/mol. The topological polar surface area (TPSA) is 58.6 Å². The number of hydrogen-bond donors (Lipinski definition) is 1. The molecule has 1 aromatic rings. The molecule has 19 heavy (non-hydrogen) atoms. The molecule has 1 fully saturated rings. The lowest BCUT2D eigenvalue weighted by molar-refractivity contribution is 0.274. The first-order chi connectivity index (χ1) is 8.55. The van der Waals surface area contributed by atoms with Crippen molar-refractivity contribution in [1.29, 1.82) is 0 Å². The largest absolute Gasteiger partial charge is 0.494 e. The van der Waals surface area contributed by atoms with Gasteiger partial charge in [0, 0.05) is 26.2 Å². The number of benzene rings is 1. The van der Waals surface area contributed by atoms with Gasteiger partial charge in [0.05, 0.1) is 11.5 Å². The summed E-state index contributed by atoms with van der Waals surface area (Å²) in [6.07, 6.45) is 0. The van der Waals surface area contributed by atoms with Gasteiger partial charge < -0.3 is 10.1 Å². The maximum absolute atomic E-state index is 12.3. The minimum Gasteiger partial charge on any atom is -0.494 e. The number of halogens is 1. The first-order valence-electron chi connectivity index (χ1n) is 5.97. The van der Waals surface area contributed by atoms with Gasteiger partial charge in [0.2, 0.25) is 10.0 Å². The molecule has 1 heterocycles. The second-order valence-corrected chi connectivity index (χ2v) is 6.24. The van der Waals surface area contributed by atoms with Crippen LogP contribution in [0.25, 0.3) is 0 Å². The Hall–Kier alpha value is -0.820. The minimum atomic E-state index is -3.39. The van der Waals surface area contributed by atoms with Gasteiger partial charge in [-0.2, -0.15) is 4.31 Å². The second kappa shape index (κ2) is 6.56. The van der Waals surface area contributed by atoms with E-state index in [4.69, 9.17) is 4.74 Å². The predicted octanol–water partition coefficient (Wildman–Crippen LogP) is 1.10. The summed E-state index contributed by atoms with van der Waals surface area (Å²) in [6, 6.07) is 6.60. The van der Waals surface area contributed by atoms with E-state index in [9.17, 15) is 8.42 Å². The Morgan fingerprint density at radius 2 is 1.89 bits per heavy atom. The lowest BCUT2D eigenvalue weighted by atomic mass is 10.2.